The van der Waals surface area contributed by atoms with Crippen LogP contribution in [0.1, 0.15) is 23.2 Å². The van der Waals surface area contributed by atoms with E-state index in [1.54, 1.807) is 0 Å². The number of carbonyl (C=O) groups is 1. The maximum Gasteiger partial charge on any atom is 0.298 e. The Morgan fingerprint density at radius 2 is 1.80 bits per heavy atom. The van der Waals surface area contributed by atoms with Gasteiger partial charge in [-0.2, -0.15) is 4.98 Å². The minimum absolute atomic E-state index is 0.00183. The van der Waals surface area contributed by atoms with Gasteiger partial charge in [0.1, 0.15) is 5.52 Å². The molecule has 4 rings (SSSR count). The summed E-state index contributed by atoms with van der Waals surface area (Å²) in [7, 11) is 0. The Morgan fingerprint density at radius 3 is 2.56 bits per heavy atom. The van der Waals surface area contributed by atoms with Crippen molar-refractivity contribution in [2.24, 2.45) is 5.92 Å². The number of nitrogens with zero attached hydrogens (tertiary/aromatic N) is 2. The van der Waals surface area contributed by atoms with E-state index in [0.717, 1.165) is 43.6 Å². The van der Waals surface area contributed by atoms with Gasteiger partial charge in [0.25, 0.3) is 11.9 Å². The van der Waals surface area contributed by atoms with E-state index >= 15 is 0 Å². The summed E-state index contributed by atoms with van der Waals surface area (Å²) >= 11 is 0. The van der Waals surface area contributed by atoms with Gasteiger partial charge in [-0.05, 0) is 43.0 Å². The van der Waals surface area contributed by atoms with E-state index in [9.17, 15) is 4.79 Å². The molecule has 0 aliphatic carbocycles. The molecule has 0 radical (unpaired) electrons. The average molecular weight is 335 g/mol. The first kappa shape index (κ1) is 15.7. The van der Waals surface area contributed by atoms with Crippen molar-refractivity contribution in [3.05, 3.63) is 60.2 Å². The zero-order chi connectivity index (χ0) is 17.1. The van der Waals surface area contributed by atoms with Gasteiger partial charge in [0.2, 0.25) is 0 Å². The number of rotatable bonds is 4. The third-order valence-electron chi connectivity index (χ3n) is 4.75. The van der Waals surface area contributed by atoms with Crippen LogP contribution in [0, 0.1) is 5.92 Å². The summed E-state index contributed by atoms with van der Waals surface area (Å²) < 4.78 is 5.84. The van der Waals surface area contributed by atoms with Crippen LogP contribution in [0.4, 0.5) is 6.01 Å². The molecule has 3 aromatic rings. The van der Waals surface area contributed by atoms with Crippen LogP contribution in [-0.2, 0) is 0 Å². The Balaban J connectivity index is 1.30. The predicted octanol–water partition coefficient (Wildman–Crippen LogP) is 3.47. The zero-order valence-corrected chi connectivity index (χ0v) is 14.0. The fraction of sp³-hybridized carbons (Fsp3) is 0.300. The van der Waals surface area contributed by atoms with E-state index in [2.05, 4.69) is 15.2 Å². The number of benzene rings is 2. The Labute approximate surface area is 146 Å². The first-order valence-electron chi connectivity index (χ1n) is 8.73. The Morgan fingerprint density at radius 1 is 1.08 bits per heavy atom. The minimum atomic E-state index is 0.00183. The number of para-hydroxylation sites is 2. The second-order valence-electron chi connectivity index (χ2n) is 6.47. The van der Waals surface area contributed by atoms with Crippen LogP contribution in [0.5, 0.6) is 0 Å². The lowest BCUT2D eigenvalue weighted by molar-refractivity contribution is 0.0945. The molecule has 1 amide bonds. The lowest BCUT2D eigenvalue weighted by Gasteiger charge is -2.30. The number of amides is 1. The highest BCUT2D eigenvalue weighted by Gasteiger charge is 2.23. The molecule has 1 fully saturated rings. The van der Waals surface area contributed by atoms with Crippen LogP contribution >= 0.6 is 0 Å². The predicted molar refractivity (Wildman–Crippen MR) is 97.7 cm³/mol. The van der Waals surface area contributed by atoms with E-state index in [1.165, 1.54) is 0 Å². The van der Waals surface area contributed by atoms with E-state index in [0.29, 0.717) is 17.5 Å². The van der Waals surface area contributed by atoms with Crippen LogP contribution < -0.4 is 10.2 Å². The summed E-state index contributed by atoms with van der Waals surface area (Å²) in [5.74, 6) is 0.496. The van der Waals surface area contributed by atoms with Gasteiger partial charge in [0.05, 0.1) is 0 Å². The molecule has 1 aliphatic rings. The lowest BCUT2D eigenvalue weighted by Crippen LogP contribution is -2.38. The van der Waals surface area contributed by atoms with Gasteiger partial charge in [0, 0.05) is 25.2 Å². The average Bonchev–Trinajstić information content (AvgIpc) is 3.11. The van der Waals surface area contributed by atoms with Gasteiger partial charge in [-0.1, -0.05) is 30.3 Å². The Hall–Kier alpha value is -2.82. The van der Waals surface area contributed by atoms with Crippen LogP contribution in [0.2, 0.25) is 0 Å². The molecule has 0 unspecified atom stereocenters. The van der Waals surface area contributed by atoms with Crippen molar-refractivity contribution in [3.63, 3.8) is 0 Å². The van der Waals surface area contributed by atoms with Crippen molar-refractivity contribution in [2.75, 3.05) is 24.5 Å². The normalized spacial score (nSPS) is 15.4. The molecule has 0 atom stereocenters. The second-order valence-corrected chi connectivity index (χ2v) is 6.47. The first-order valence-corrected chi connectivity index (χ1v) is 8.73. The fourth-order valence-electron chi connectivity index (χ4n) is 3.25. The lowest BCUT2D eigenvalue weighted by atomic mass is 9.97. The number of oxazole rings is 1. The van der Waals surface area contributed by atoms with Gasteiger partial charge in [-0.25, -0.2) is 0 Å². The van der Waals surface area contributed by atoms with Crippen molar-refractivity contribution in [1.82, 2.24) is 10.3 Å². The summed E-state index contributed by atoms with van der Waals surface area (Å²) in [6, 6.07) is 17.9. The molecule has 1 aliphatic heterocycles. The summed E-state index contributed by atoms with van der Waals surface area (Å²) in [6.07, 6.45) is 2.04. The molecule has 2 aromatic carbocycles. The van der Waals surface area contributed by atoms with E-state index in [4.69, 9.17) is 4.42 Å². The number of hydrogen-bond acceptors (Lipinski definition) is 4. The van der Waals surface area contributed by atoms with Gasteiger partial charge >= 0.3 is 0 Å². The van der Waals surface area contributed by atoms with Crippen LogP contribution in [0.15, 0.2) is 59.0 Å². The number of hydrogen-bond donors (Lipinski definition) is 1. The number of anilines is 1. The molecule has 0 saturated carbocycles. The summed E-state index contributed by atoms with van der Waals surface area (Å²) in [6.45, 7) is 2.52. The Kier molecular flexibility index (Phi) is 4.37. The van der Waals surface area contributed by atoms with Crippen molar-refractivity contribution in [1.29, 1.82) is 0 Å². The molecule has 5 nitrogen and oxygen atoms in total. The van der Waals surface area contributed by atoms with E-state index < -0.39 is 0 Å². The number of nitrogens with one attached hydrogen (secondary N) is 1. The van der Waals surface area contributed by atoms with Crippen molar-refractivity contribution in [3.8, 4) is 0 Å². The molecule has 1 aromatic heterocycles. The molecule has 0 spiro atoms. The molecule has 2 heterocycles. The Bertz CT molecular complexity index is 819. The van der Waals surface area contributed by atoms with Crippen molar-refractivity contribution >= 4 is 23.0 Å². The van der Waals surface area contributed by atoms with Crippen LogP contribution in [-0.4, -0.2) is 30.5 Å². The molecule has 0 bridgehead atoms. The third-order valence-corrected chi connectivity index (χ3v) is 4.75. The minimum Gasteiger partial charge on any atom is -0.423 e. The number of aromatic nitrogens is 1. The van der Waals surface area contributed by atoms with Gasteiger partial charge in [0.15, 0.2) is 5.58 Å². The first-order chi connectivity index (χ1) is 12.3. The number of fused-ring (bicyclic) bond motifs is 1. The number of piperidine rings is 1. The maximum absolute atomic E-state index is 12.1. The van der Waals surface area contributed by atoms with E-state index in [-0.39, 0.29) is 5.91 Å². The number of carbonyl (C=O) groups excluding carboxylic acids is 1. The van der Waals surface area contributed by atoms with E-state index in [1.807, 2.05) is 54.6 Å². The maximum atomic E-state index is 12.1. The fourth-order valence-corrected chi connectivity index (χ4v) is 3.25. The molecule has 128 valence electrons. The van der Waals surface area contributed by atoms with Crippen molar-refractivity contribution < 1.29 is 9.21 Å². The largest absolute Gasteiger partial charge is 0.423 e. The SMILES string of the molecule is O=C(NCC1CCN(c2nc3ccccc3o2)CC1)c1ccccc1. The van der Waals surface area contributed by atoms with Crippen LogP contribution in [0.25, 0.3) is 11.1 Å². The van der Waals surface area contributed by atoms with Gasteiger partial charge in [-0.3, -0.25) is 4.79 Å². The van der Waals surface area contributed by atoms with Crippen LogP contribution in [0.3, 0.4) is 0 Å². The highest BCUT2D eigenvalue weighted by molar-refractivity contribution is 5.94. The smallest absolute Gasteiger partial charge is 0.298 e. The summed E-state index contributed by atoms with van der Waals surface area (Å²) in [4.78, 5) is 18.9. The summed E-state index contributed by atoms with van der Waals surface area (Å²) in [5, 5.41) is 3.05. The molecule has 5 heteroatoms. The monoisotopic (exact) mass is 335 g/mol. The second kappa shape index (κ2) is 6.97. The third kappa shape index (κ3) is 3.50. The highest BCUT2D eigenvalue weighted by Crippen LogP contribution is 2.26. The van der Waals surface area contributed by atoms with Crippen molar-refractivity contribution in [2.45, 2.75) is 12.8 Å². The molecule has 1 saturated heterocycles. The topological polar surface area (TPSA) is 58.4 Å². The highest BCUT2D eigenvalue weighted by atomic mass is 16.4. The zero-order valence-electron chi connectivity index (χ0n) is 14.0. The van der Waals surface area contributed by atoms with Gasteiger partial charge in [-0.15, -0.1) is 0 Å². The molecule has 25 heavy (non-hydrogen) atoms. The quantitative estimate of drug-likeness (QED) is 0.793. The summed E-state index contributed by atoms with van der Waals surface area (Å²) in [5.41, 5.74) is 2.44. The van der Waals surface area contributed by atoms with Gasteiger partial charge < -0.3 is 14.6 Å². The molecular formula is C20H21N3O2. The molecule has 1 N–H and O–H groups in total. The molecular weight excluding hydrogens is 314 g/mol. The standard InChI is InChI=1S/C20H21N3O2/c24-19(16-6-2-1-3-7-16)21-14-15-10-12-23(13-11-15)20-22-17-8-4-5-9-18(17)25-20/h1-9,15H,10-14H2,(H,21,24).